The smallest absolute Gasteiger partial charge is 0.339 e. The second kappa shape index (κ2) is 11.1. The molecule has 0 bridgehead atoms. The molecule has 0 saturated carbocycles. The van der Waals surface area contributed by atoms with Gasteiger partial charge in [0.25, 0.3) is 5.56 Å². The summed E-state index contributed by atoms with van der Waals surface area (Å²) in [6.07, 6.45) is 1.65. The Balaban J connectivity index is 1.58. The fraction of sp³-hybridized carbons (Fsp3) is 0.200. The van der Waals surface area contributed by atoms with Crippen molar-refractivity contribution in [3.05, 3.63) is 113 Å². The molecule has 2 aromatic heterocycles. The average Bonchev–Trinajstić information content (AvgIpc) is 3.52. The van der Waals surface area contributed by atoms with Crippen molar-refractivity contribution in [3.63, 3.8) is 0 Å². The fourth-order valence-corrected chi connectivity index (χ4v) is 5.80. The first-order valence-electron chi connectivity index (χ1n) is 12.5. The van der Waals surface area contributed by atoms with Gasteiger partial charge in [-0.25, -0.2) is 14.6 Å². The number of aromatic nitrogens is 1. The lowest BCUT2D eigenvalue weighted by Crippen LogP contribution is -2.39. The Morgan fingerprint density at radius 2 is 1.85 bits per heavy atom. The number of rotatable bonds is 6. The predicted molar refractivity (Wildman–Crippen MR) is 152 cm³/mol. The maximum absolute atomic E-state index is 13.8. The Labute approximate surface area is 238 Å². The summed E-state index contributed by atoms with van der Waals surface area (Å²) in [6.45, 7) is 5.67. The number of hydrogen-bond acceptors (Lipinski definition) is 8. The highest BCUT2D eigenvalue weighted by atomic mass is 35.5. The van der Waals surface area contributed by atoms with Gasteiger partial charge in [0.05, 0.1) is 46.1 Å². The molecule has 0 spiro atoms. The standard InChI is InChI=1S/C30H25ClN2O6S/c1-5-38-29(36)25-17(3)32-30-33(26(25)18-8-6-16(2)7-9-18)27(34)24(40-30)15-20-11-13-23(39-20)19-10-12-21(22(31)14-19)28(35)37-4/h6-15,26H,5H2,1-4H3/b24-15-/t26-/m0/s1. The number of aryl methyl sites for hydroxylation is 1. The summed E-state index contributed by atoms with van der Waals surface area (Å²) < 4.78 is 18.0. The van der Waals surface area contributed by atoms with E-state index in [1.165, 1.54) is 23.0 Å². The normalized spacial score (nSPS) is 15.0. The SMILES string of the molecule is CCOC(=O)C1=C(C)N=c2s/c(=C\c3ccc(-c4ccc(C(=O)OC)c(Cl)c4)o3)c(=O)n2[C@H]1c1ccc(C)cc1. The van der Waals surface area contributed by atoms with Crippen molar-refractivity contribution in [2.24, 2.45) is 4.99 Å². The van der Waals surface area contributed by atoms with Gasteiger partial charge in [-0.05, 0) is 50.6 Å². The van der Waals surface area contributed by atoms with E-state index in [1.807, 2.05) is 31.2 Å². The molecule has 1 atom stereocenters. The average molecular weight is 577 g/mol. The Bertz CT molecular complexity index is 1850. The number of carbonyl (C=O) groups is 2. The van der Waals surface area contributed by atoms with Crippen molar-refractivity contribution < 1.29 is 23.5 Å². The van der Waals surface area contributed by atoms with E-state index in [0.29, 0.717) is 37.7 Å². The molecule has 10 heteroatoms. The van der Waals surface area contributed by atoms with Crippen LogP contribution in [-0.2, 0) is 14.3 Å². The molecule has 0 fully saturated rings. The van der Waals surface area contributed by atoms with E-state index < -0.39 is 18.0 Å². The summed E-state index contributed by atoms with van der Waals surface area (Å²) >= 11 is 7.48. The molecule has 8 nitrogen and oxygen atoms in total. The van der Waals surface area contributed by atoms with Gasteiger partial charge in [-0.15, -0.1) is 0 Å². The fourth-order valence-electron chi connectivity index (χ4n) is 4.51. The number of carbonyl (C=O) groups excluding carboxylic acids is 2. The summed E-state index contributed by atoms with van der Waals surface area (Å²) in [7, 11) is 1.29. The molecule has 3 heterocycles. The minimum absolute atomic E-state index is 0.206. The van der Waals surface area contributed by atoms with Crippen LogP contribution in [0.4, 0.5) is 0 Å². The van der Waals surface area contributed by atoms with Gasteiger partial charge in [-0.1, -0.05) is 58.8 Å². The monoisotopic (exact) mass is 576 g/mol. The predicted octanol–water partition coefficient (Wildman–Crippen LogP) is 4.81. The highest BCUT2D eigenvalue weighted by Gasteiger charge is 2.33. The number of benzene rings is 2. The van der Waals surface area contributed by atoms with E-state index in [-0.39, 0.29) is 22.8 Å². The van der Waals surface area contributed by atoms with Gasteiger partial charge in [0.15, 0.2) is 4.80 Å². The third-order valence-corrected chi connectivity index (χ3v) is 7.76. The highest BCUT2D eigenvalue weighted by molar-refractivity contribution is 7.07. The first kappa shape index (κ1) is 27.4. The Morgan fingerprint density at radius 3 is 2.52 bits per heavy atom. The molecule has 5 rings (SSSR count). The van der Waals surface area contributed by atoms with Crippen molar-refractivity contribution in [3.8, 4) is 11.3 Å². The second-order valence-electron chi connectivity index (χ2n) is 9.10. The van der Waals surface area contributed by atoms with Gasteiger partial charge in [-0.2, -0.15) is 0 Å². The Hall–Kier alpha value is -4.21. The minimum atomic E-state index is -0.680. The zero-order valence-electron chi connectivity index (χ0n) is 22.2. The molecule has 4 aromatic rings. The van der Waals surface area contributed by atoms with Gasteiger partial charge in [0, 0.05) is 11.6 Å². The van der Waals surface area contributed by atoms with Crippen LogP contribution >= 0.6 is 22.9 Å². The maximum Gasteiger partial charge on any atom is 0.339 e. The van der Waals surface area contributed by atoms with E-state index in [1.54, 1.807) is 50.3 Å². The zero-order chi connectivity index (χ0) is 28.6. The number of methoxy groups -OCH3 is 1. The molecule has 204 valence electrons. The van der Waals surface area contributed by atoms with Gasteiger partial charge in [0.2, 0.25) is 0 Å². The van der Waals surface area contributed by atoms with Gasteiger partial charge in [-0.3, -0.25) is 9.36 Å². The second-order valence-corrected chi connectivity index (χ2v) is 10.5. The lowest BCUT2D eigenvalue weighted by atomic mass is 9.95. The first-order chi connectivity index (χ1) is 19.2. The van der Waals surface area contributed by atoms with Crippen molar-refractivity contribution in [2.45, 2.75) is 26.8 Å². The number of fused-ring (bicyclic) bond motifs is 1. The van der Waals surface area contributed by atoms with Crippen LogP contribution in [0, 0.1) is 6.92 Å². The summed E-state index contributed by atoms with van der Waals surface area (Å²) in [5.74, 6) is -0.0783. The summed E-state index contributed by atoms with van der Waals surface area (Å²) in [6, 6.07) is 15.4. The number of hydrogen-bond donors (Lipinski definition) is 0. The lowest BCUT2D eigenvalue weighted by molar-refractivity contribution is -0.139. The summed E-state index contributed by atoms with van der Waals surface area (Å²) in [4.78, 5) is 43.7. The molecule has 0 radical (unpaired) electrons. The number of esters is 2. The molecule has 0 saturated heterocycles. The van der Waals surface area contributed by atoms with Crippen molar-refractivity contribution in [2.75, 3.05) is 13.7 Å². The van der Waals surface area contributed by atoms with E-state index >= 15 is 0 Å². The van der Waals surface area contributed by atoms with Gasteiger partial charge < -0.3 is 13.9 Å². The number of ether oxygens (including phenoxy) is 2. The van der Waals surface area contributed by atoms with Crippen molar-refractivity contribution >= 4 is 41.0 Å². The van der Waals surface area contributed by atoms with E-state index in [4.69, 9.17) is 25.5 Å². The molecular formula is C30H25ClN2O6S. The maximum atomic E-state index is 13.8. The Morgan fingerprint density at radius 1 is 1.10 bits per heavy atom. The number of thiazole rings is 1. The number of nitrogens with zero attached hydrogens (tertiary/aromatic N) is 2. The number of allylic oxidation sites excluding steroid dienone is 1. The molecule has 0 unspecified atom stereocenters. The summed E-state index contributed by atoms with van der Waals surface area (Å²) in [5, 5.41) is 0.236. The van der Waals surface area contributed by atoms with E-state index in [9.17, 15) is 14.4 Å². The molecule has 2 aromatic carbocycles. The molecule has 40 heavy (non-hydrogen) atoms. The number of furan rings is 1. The number of halogens is 1. The molecule has 0 aliphatic carbocycles. The first-order valence-corrected chi connectivity index (χ1v) is 13.7. The molecule has 0 amide bonds. The van der Waals surface area contributed by atoms with E-state index in [0.717, 1.165) is 11.1 Å². The van der Waals surface area contributed by atoms with Gasteiger partial charge in [0.1, 0.15) is 11.5 Å². The largest absolute Gasteiger partial charge is 0.465 e. The minimum Gasteiger partial charge on any atom is -0.465 e. The van der Waals surface area contributed by atoms with Crippen LogP contribution < -0.4 is 14.9 Å². The van der Waals surface area contributed by atoms with Crippen LogP contribution in [0.15, 0.2) is 80.1 Å². The van der Waals surface area contributed by atoms with Crippen LogP contribution in [0.2, 0.25) is 5.02 Å². The van der Waals surface area contributed by atoms with Crippen LogP contribution in [0.5, 0.6) is 0 Å². The zero-order valence-corrected chi connectivity index (χ0v) is 23.8. The van der Waals surface area contributed by atoms with Crippen LogP contribution in [-0.4, -0.2) is 30.2 Å². The quantitative estimate of drug-likeness (QED) is 0.306. The van der Waals surface area contributed by atoms with E-state index in [2.05, 4.69) is 4.99 Å². The molecule has 1 aliphatic heterocycles. The molecule has 1 aliphatic rings. The van der Waals surface area contributed by atoms with Crippen molar-refractivity contribution in [1.82, 2.24) is 4.57 Å². The third-order valence-electron chi connectivity index (χ3n) is 6.47. The highest BCUT2D eigenvalue weighted by Crippen LogP contribution is 2.31. The van der Waals surface area contributed by atoms with Crippen LogP contribution in [0.25, 0.3) is 17.4 Å². The Kier molecular flexibility index (Phi) is 7.60. The summed E-state index contributed by atoms with van der Waals surface area (Å²) in [5.41, 5.74) is 3.29. The van der Waals surface area contributed by atoms with Crippen molar-refractivity contribution in [1.29, 1.82) is 0 Å². The van der Waals surface area contributed by atoms with Gasteiger partial charge >= 0.3 is 11.9 Å². The van der Waals surface area contributed by atoms with Crippen LogP contribution in [0.3, 0.4) is 0 Å². The van der Waals surface area contributed by atoms with Crippen LogP contribution in [0.1, 0.15) is 47.1 Å². The lowest BCUT2D eigenvalue weighted by Gasteiger charge is -2.24. The topological polar surface area (TPSA) is 100 Å². The molecular weight excluding hydrogens is 552 g/mol. The third kappa shape index (κ3) is 5.05. The molecule has 0 N–H and O–H groups in total.